The molecule has 0 bridgehead atoms. The lowest BCUT2D eigenvalue weighted by Crippen LogP contribution is -2.13. The minimum absolute atomic E-state index is 0.136. The van der Waals surface area contributed by atoms with Crippen LogP contribution in [0.2, 0.25) is 0 Å². The van der Waals surface area contributed by atoms with E-state index in [9.17, 15) is 4.79 Å². The molecule has 0 atom stereocenters. The number of nitriles is 2. The van der Waals surface area contributed by atoms with Crippen LogP contribution in [-0.2, 0) is 11.3 Å². The second-order valence-electron chi connectivity index (χ2n) is 4.51. The van der Waals surface area contributed by atoms with Gasteiger partial charge in [0.05, 0.1) is 11.3 Å². The summed E-state index contributed by atoms with van der Waals surface area (Å²) in [6.45, 7) is 0.614. The van der Waals surface area contributed by atoms with E-state index in [-0.39, 0.29) is 5.91 Å². The Morgan fingerprint density at radius 1 is 1.14 bits per heavy atom. The van der Waals surface area contributed by atoms with E-state index in [1.165, 1.54) is 0 Å². The zero-order valence-corrected chi connectivity index (χ0v) is 11.4. The summed E-state index contributed by atoms with van der Waals surface area (Å²) >= 11 is 0. The monoisotopic (exact) mass is 278 g/mol. The molecule has 5 heteroatoms. The summed E-state index contributed by atoms with van der Waals surface area (Å²) in [4.78, 5) is 11.9. The summed E-state index contributed by atoms with van der Waals surface area (Å²) in [5.74, 6) is -0.136. The van der Waals surface area contributed by atoms with Gasteiger partial charge in [-0.15, -0.1) is 0 Å². The Labute approximate surface area is 123 Å². The highest BCUT2D eigenvalue weighted by molar-refractivity contribution is 5.92. The topological polar surface area (TPSA) is 81.6 Å². The predicted octanol–water partition coefficient (Wildman–Crippen LogP) is 2.65. The molecule has 0 radical (unpaired) electrons. The number of aromatic nitrogens is 1. The average Bonchev–Trinajstić information content (AvgIpc) is 2.95. The first-order valence-corrected chi connectivity index (χ1v) is 6.59. The number of aryl methyl sites for hydroxylation is 1. The Balaban J connectivity index is 1.86. The fourth-order valence-electron chi connectivity index (χ4n) is 2.02. The van der Waals surface area contributed by atoms with Crippen LogP contribution in [0.25, 0.3) is 0 Å². The number of nitrogens with zero attached hydrogens (tertiary/aromatic N) is 3. The maximum absolute atomic E-state index is 11.9. The molecule has 0 aliphatic heterocycles. The number of carbonyl (C=O) groups excluding carboxylic acids is 1. The minimum Gasteiger partial charge on any atom is -0.339 e. The van der Waals surface area contributed by atoms with Crippen LogP contribution in [-0.4, -0.2) is 10.5 Å². The van der Waals surface area contributed by atoms with Gasteiger partial charge in [0.1, 0.15) is 17.8 Å². The van der Waals surface area contributed by atoms with Crippen LogP contribution in [0.3, 0.4) is 0 Å². The van der Waals surface area contributed by atoms with Gasteiger partial charge in [-0.1, -0.05) is 12.1 Å². The number of rotatable bonds is 5. The summed E-state index contributed by atoms with van der Waals surface area (Å²) in [5, 5.41) is 20.6. The van der Waals surface area contributed by atoms with Crippen LogP contribution >= 0.6 is 0 Å². The molecule has 0 aliphatic rings. The average molecular weight is 278 g/mol. The maximum atomic E-state index is 11.9. The smallest absolute Gasteiger partial charge is 0.224 e. The first-order valence-electron chi connectivity index (χ1n) is 6.59. The van der Waals surface area contributed by atoms with Gasteiger partial charge in [-0.05, 0) is 30.7 Å². The molecular weight excluding hydrogens is 264 g/mol. The van der Waals surface area contributed by atoms with Gasteiger partial charge in [-0.3, -0.25) is 4.79 Å². The van der Waals surface area contributed by atoms with E-state index in [4.69, 9.17) is 10.5 Å². The molecule has 1 amide bonds. The molecule has 0 spiro atoms. The Hall–Kier alpha value is -3.05. The molecule has 5 nitrogen and oxygen atoms in total. The zero-order valence-electron chi connectivity index (χ0n) is 11.4. The summed E-state index contributed by atoms with van der Waals surface area (Å²) in [7, 11) is 0. The zero-order chi connectivity index (χ0) is 15.1. The van der Waals surface area contributed by atoms with Crippen molar-refractivity contribution in [2.24, 2.45) is 0 Å². The molecule has 104 valence electrons. The van der Waals surface area contributed by atoms with Gasteiger partial charge >= 0.3 is 0 Å². The number of benzene rings is 1. The van der Waals surface area contributed by atoms with Crippen LogP contribution < -0.4 is 5.32 Å². The van der Waals surface area contributed by atoms with Gasteiger partial charge in [-0.2, -0.15) is 10.5 Å². The Morgan fingerprint density at radius 3 is 2.71 bits per heavy atom. The number of hydrogen-bond donors (Lipinski definition) is 1. The quantitative estimate of drug-likeness (QED) is 0.912. The molecule has 1 aromatic heterocycles. The third-order valence-corrected chi connectivity index (χ3v) is 3.07. The van der Waals surface area contributed by atoms with E-state index in [1.807, 2.05) is 22.9 Å². The first-order chi connectivity index (χ1) is 10.2. The molecule has 0 aliphatic carbocycles. The molecule has 0 fully saturated rings. The molecule has 21 heavy (non-hydrogen) atoms. The van der Waals surface area contributed by atoms with E-state index < -0.39 is 0 Å². The van der Waals surface area contributed by atoms with E-state index in [0.717, 1.165) is 0 Å². The number of carbonyl (C=O) groups is 1. The molecular formula is C16H14N4O. The van der Waals surface area contributed by atoms with Gasteiger partial charge in [0.2, 0.25) is 5.91 Å². The summed E-state index contributed by atoms with van der Waals surface area (Å²) in [6.07, 6.45) is 2.79. The van der Waals surface area contributed by atoms with E-state index >= 15 is 0 Å². The normalized spacial score (nSPS) is 9.62. The molecule has 1 N–H and O–H groups in total. The van der Waals surface area contributed by atoms with E-state index in [2.05, 4.69) is 11.4 Å². The first kappa shape index (κ1) is 14.4. The fraction of sp³-hybridized carbons (Fsp3) is 0.188. The highest BCUT2D eigenvalue weighted by atomic mass is 16.1. The van der Waals surface area contributed by atoms with Gasteiger partial charge in [0.25, 0.3) is 0 Å². The van der Waals surface area contributed by atoms with E-state index in [1.54, 1.807) is 30.3 Å². The Bertz CT molecular complexity index is 718. The number of amides is 1. The van der Waals surface area contributed by atoms with E-state index in [0.29, 0.717) is 36.3 Å². The largest absolute Gasteiger partial charge is 0.339 e. The van der Waals surface area contributed by atoms with Crippen molar-refractivity contribution in [3.05, 3.63) is 53.9 Å². The van der Waals surface area contributed by atoms with Crippen molar-refractivity contribution in [2.75, 3.05) is 5.32 Å². The molecule has 0 saturated heterocycles. The number of anilines is 1. The third-order valence-electron chi connectivity index (χ3n) is 3.07. The highest BCUT2D eigenvalue weighted by Gasteiger charge is 2.06. The lowest BCUT2D eigenvalue weighted by Gasteiger charge is -2.07. The van der Waals surface area contributed by atoms with Crippen molar-refractivity contribution in [1.82, 2.24) is 4.57 Å². The van der Waals surface area contributed by atoms with Crippen molar-refractivity contribution < 1.29 is 4.79 Å². The standard InChI is InChI=1S/C16H14N4O/c17-11-13-5-1-2-7-15(13)19-16(21)8-4-10-20-9-3-6-14(20)12-18/h1-3,5-7,9H,4,8,10H2,(H,19,21). The molecule has 1 aromatic carbocycles. The van der Waals surface area contributed by atoms with Crippen LogP contribution in [0.15, 0.2) is 42.6 Å². The van der Waals surface area contributed by atoms with Crippen molar-refractivity contribution in [1.29, 1.82) is 10.5 Å². The molecule has 2 rings (SSSR count). The van der Waals surface area contributed by atoms with Gasteiger partial charge in [0, 0.05) is 19.2 Å². The lowest BCUT2D eigenvalue weighted by molar-refractivity contribution is -0.116. The molecule has 1 heterocycles. The van der Waals surface area contributed by atoms with Gasteiger partial charge in [0.15, 0.2) is 0 Å². The number of hydrogen-bond acceptors (Lipinski definition) is 3. The van der Waals surface area contributed by atoms with Crippen LogP contribution in [0.5, 0.6) is 0 Å². The fourth-order valence-corrected chi connectivity index (χ4v) is 2.02. The Kier molecular flexibility index (Phi) is 4.74. The van der Waals surface area contributed by atoms with Crippen molar-refractivity contribution in [3.63, 3.8) is 0 Å². The van der Waals surface area contributed by atoms with Crippen molar-refractivity contribution in [3.8, 4) is 12.1 Å². The number of para-hydroxylation sites is 1. The Morgan fingerprint density at radius 2 is 1.95 bits per heavy atom. The second-order valence-corrected chi connectivity index (χ2v) is 4.51. The molecule has 0 unspecified atom stereocenters. The van der Waals surface area contributed by atoms with Crippen LogP contribution in [0.1, 0.15) is 24.1 Å². The van der Waals surface area contributed by atoms with Gasteiger partial charge in [-0.25, -0.2) is 0 Å². The van der Waals surface area contributed by atoms with Crippen LogP contribution in [0, 0.1) is 22.7 Å². The predicted molar refractivity (Wildman–Crippen MR) is 78.2 cm³/mol. The minimum atomic E-state index is -0.136. The third kappa shape index (κ3) is 3.71. The number of nitrogens with one attached hydrogen (secondary N) is 1. The van der Waals surface area contributed by atoms with Crippen LogP contribution in [0.4, 0.5) is 5.69 Å². The van der Waals surface area contributed by atoms with Gasteiger partial charge < -0.3 is 9.88 Å². The maximum Gasteiger partial charge on any atom is 0.224 e. The highest BCUT2D eigenvalue weighted by Crippen LogP contribution is 2.14. The summed E-state index contributed by atoms with van der Waals surface area (Å²) in [6, 6.07) is 14.6. The molecule has 0 saturated carbocycles. The van der Waals surface area contributed by atoms with Crippen molar-refractivity contribution in [2.45, 2.75) is 19.4 Å². The second kappa shape index (κ2) is 6.93. The summed E-state index contributed by atoms with van der Waals surface area (Å²) in [5.41, 5.74) is 1.57. The van der Waals surface area contributed by atoms with Crippen molar-refractivity contribution >= 4 is 11.6 Å². The lowest BCUT2D eigenvalue weighted by atomic mass is 10.2. The SMILES string of the molecule is N#Cc1ccccc1NC(=O)CCCn1cccc1C#N. The summed E-state index contributed by atoms with van der Waals surface area (Å²) < 4.78 is 1.82. The molecule has 2 aromatic rings.